The molecule has 0 radical (unpaired) electrons. The highest BCUT2D eigenvalue weighted by Gasteiger charge is 2.11. The van der Waals surface area contributed by atoms with Crippen molar-refractivity contribution in [1.82, 2.24) is 4.98 Å². The van der Waals surface area contributed by atoms with Crippen molar-refractivity contribution >= 4 is 34.8 Å². The maximum absolute atomic E-state index is 13.0. The molecule has 0 aliphatic rings. The van der Waals surface area contributed by atoms with Crippen molar-refractivity contribution in [3.05, 3.63) is 51.3 Å². The maximum Gasteiger partial charge on any atom is 0.213 e. The van der Waals surface area contributed by atoms with Crippen molar-refractivity contribution in [2.45, 2.75) is 0 Å². The van der Waals surface area contributed by atoms with E-state index in [9.17, 15) is 4.39 Å². The summed E-state index contributed by atoms with van der Waals surface area (Å²) in [7, 11) is 0. The van der Waals surface area contributed by atoms with Gasteiger partial charge in [-0.3, -0.25) is 0 Å². The van der Waals surface area contributed by atoms with E-state index in [-0.39, 0.29) is 0 Å². The van der Waals surface area contributed by atoms with Crippen molar-refractivity contribution in [2.24, 2.45) is 0 Å². The third kappa shape index (κ3) is 2.29. The first kappa shape index (κ1) is 11.6. The van der Waals surface area contributed by atoms with Crippen LogP contribution in [0.5, 0.6) is 0 Å². The Morgan fingerprint density at radius 3 is 2.19 bits per heavy atom. The molecule has 5 heteroatoms. The van der Waals surface area contributed by atoms with E-state index in [1.54, 1.807) is 12.1 Å². The first-order valence-electron chi connectivity index (χ1n) is 4.35. The van der Waals surface area contributed by atoms with Gasteiger partial charge >= 0.3 is 0 Å². The van der Waals surface area contributed by atoms with Crippen LogP contribution >= 0.6 is 34.8 Å². The molecule has 0 bridgehead atoms. The molecular weight excluding hydrogens is 271 g/mol. The Hall–Kier alpha value is -0.830. The summed E-state index contributed by atoms with van der Waals surface area (Å²) in [6.07, 6.45) is 0. The zero-order valence-electron chi connectivity index (χ0n) is 7.85. The topological polar surface area (TPSA) is 12.9 Å². The molecule has 0 atom stereocenters. The molecular formula is C11H5Cl3FN. The van der Waals surface area contributed by atoms with E-state index in [1.807, 2.05) is 0 Å². The average molecular weight is 277 g/mol. The van der Waals surface area contributed by atoms with Gasteiger partial charge in [0.2, 0.25) is 5.95 Å². The zero-order chi connectivity index (χ0) is 11.7. The van der Waals surface area contributed by atoms with Crippen LogP contribution in [-0.4, -0.2) is 4.98 Å². The molecule has 1 heterocycles. The number of nitrogens with zero attached hydrogens (tertiary/aromatic N) is 1. The van der Waals surface area contributed by atoms with Crippen LogP contribution in [0.2, 0.25) is 15.1 Å². The Kier molecular flexibility index (Phi) is 3.33. The minimum Gasteiger partial charge on any atom is -0.220 e. The lowest BCUT2D eigenvalue weighted by Gasteiger charge is -2.06. The molecule has 2 rings (SSSR count). The molecule has 0 amide bonds. The highest BCUT2D eigenvalue weighted by atomic mass is 35.5. The Morgan fingerprint density at radius 2 is 1.62 bits per heavy atom. The fourth-order valence-corrected chi connectivity index (χ4v) is 2.35. The summed E-state index contributed by atoms with van der Waals surface area (Å²) < 4.78 is 13.0. The monoisotopic (exact) mass is 275 g/mol. The molecule has 0 spiro atoms. The summed E-state index contributed by atoms with van der Waals surface area (Å²) in [6, 6.07) is 7.50. The minimum absolute atomic E-state index is 0.343. The van der Waals surface area contributed by atoms with E-state index >= 15 is 0 Å². The summed E-state index contributed by atoms with van der Waals surface area (Å²) in [5, 5.41) is 1.11. The van der Waals surface area contributed by atoms with Gasteiger partial charge < -0.3 is 0 Å². The number of hydrogen-bond acceptors (Lipinski definition) is 1. The molecule has 1 aromatic heterocycles. The Bertz CT molecular complexity index is 519. The van der Waals surface area contributed by atoms with Crippen LogP contribution in [0, 0.1) is 5.95 Å². The second-order valence-electron chi connectivity index (χ2n) is 3.09. The highest BCUT2D eigenvalue weighted by Crippen LogP contribution is 2.36. The van der Waals surface area contributed by atoms with Gasteiger partial charge in [-0.25, -0.2) is 4.98 Å². The van der Waals surface area contributed by atoms with Gasteiger partial charge in [-0.2, -0.15) is 4.39 Å². The van der Waals surface area contributed by atoms with Crippen LogP contribution in [0.15, 0.2) is 30.3 Å². The first-order chi connectivity index (χ1) is 7.58. The van der Waals surface area contributed by atoms with Gasteiger partial charge in [0.05, 0.1) is 15.7 Å². The lowest BCUT2D eigenvalue weighted by molar-refractivity contribution is 0.585. The normalized spacial score (nSPS) is 10.5. The Labute approximate surface area is 107 Å². The van der Waals surface area contributed by atoms with Crippen molar-refractivity contribution < 1.29 is 4.39 Å². The highest BCUT2D eigenvalue weighted by molar-refractivity contribution is 6.41. The number of benzene rings is 1. The number of aromatic nitrogens is 1. The van der Waals surface area contributed by atoms with Gasteiger partial charge in [0.15, 0.2) is 0 Å². The fraction of sp³-hybridized carbons (Fsp3) is 0. The van der Waals surface area contributed by atoms with Crippen molar-refractivity contribution in [3.8, 4) is 11.3 Å². The molecule has 0 saturated carbocycles. The Morgan fingerprint density at radius 1 is 1.00 bits per heavy atom. The van der Waals surface area contributed by atoms with Gasteiger partial charge in [-0.05, 0) is 24.3 Å². The summed E-state index contributed by atoms with van der Waals surface area (Å²) in [6.45, 7) is 0. The number of hydrogen-bond donors (Lipinski definition) is 0. The number of pyridine rings is 1. The summed E-state index contributed by atoms with van der Waals surface area (Å²) >= 11 is 17.8. The number of rotatable bonds is 1. The molecule has 1 aromatic carbocycles. The van der Waals surface area contributed by atoms with Crippen LogP contribution < -0.4 is 0 Å². The maximum atomic E-state index is 13.0. The lowest BCUT2D eigenvalue weighted by Crippen LogP contribution is -1.89. The predicted octanol–water partition coefficient (Wildman–Crippen LogP) is 4.85. The van der Waals surface area contributed by atoms with Crippen molar-refractivity contribution in [2.75, 3.05) is 0 Å². The molecule has 0 N–H and O–H groups in total. The quantitative estimate of drug-likeness (QED) is 0.679. The third-order valence-corrected chi connectivity index (χ3v) is 2.79. The minimum atomic E-state index is -0.584. The van der Waals surface area contributed by atoms with Gasteiger partial charge in [0.25, 0.3) is 0 Å². The van der Waals surface area contributed by atoms with Gasteiger partial charge in [-0.15, -0.1) is 0 Å². The second kappa shape index (κ2) is 4.58. The van der Waals surface area contributed by atoms with Gasteiger partial charge in [0, 0.05) is 10.6 Å². The number of halogens is 4. The van der Waals surface area contributed by atoms with E-state index in [0.29, 0.717) is 26.3 Å². The summed E-state index contributed by atoms with van der Waals surface area (Å²) in [4.78, 5) is 3.72. The molecule has 1 nitrogen and oxygen atoms in total. The van der Waals surface area contributed by atoms with Crippen LogP contribution in [0.4, 0.5) is 4.39 Å². The average Bonchev–Trinajstić information content (AvgIpc) is 2.15. The first-order valence-corrected chi connectivity index (χ1v) is 5.49. The smallest absolute Gasteiger partial charge is 0.213 e. The molecule has 0 aliphatic carbocycles. The van der Waals surface area contributed by atoms with E-state index < -0.39 is 5.95 Å². The predicted molar refractivity (Wildman–Crippen MR) is 64.7 cm³/mol. The van der Waals surface area contributed by atoms with E-state index in [4.69, 9.17) is 34.8 Å². The van der Waals surface area contributed by atoms with Gasteiger partial charge in [0.1, 0.15) is 0 Å². The molecule has 82 valence electrons. The SMILES string of the molecule is Fc1cccc(-c2c(Cl)cc(Cl)cc2Cl)n1. The van der Waals surface area contributed by atoms with E-state index in [2.05, 4.69) is 4.98 Å². The molecule has 16 heavy (non-hydrogen) atoms. The van der Waals surface area contributed by atoms with E-state index in [0.717, 1.165) is 0 Å². The lowest BCUT2D eigenvalue weighted by atomic mass is 10.1. The molecule has 0 unspecified atom stereocenters. The van der Waals surface area contributed by atoms with Crippen LogP contribution in [0.1, 0.15) is 0 Å². The van der Waals surface area contributed by atoms with Crippen molar-refractivity contribution in [1.29, 1.82) is 0 Å². The standard InChI is InChI=1S/C11H5Cl3FN/c12-6-4-7(13)11(8(14)5-6)9-2-1-3-10(15)16-9/h1-5H. The van der Waals surface area contributed by atoms with Crippen LogP contribution in [0.3, 0.4) is 0 Å². The van der Waals surface area contributed by atoms with Crippen LogP contribution in [0.25, 0.3) is 11.3 Å². The molecule has 0 aliphatic heterocycles. The Balaban J connectivity index is 2.64. The van der Waals surface area contributed by atoms with Crippen molar-refractivity contribution in [3.63, 3.8) is 0 Å². The summed E-state index contributed by atoms with van der Waals surface area (Å²) in [5.41, 5.74) is 0.860. The van der Waals surface area contributed by atoms with E-state index in [1.165, 1.54) is 18.2 Å². The zero-order valence-corrected chi connectivity index (χ0v) is 10.1. The fourth-order valence-electron chi connectivity index (χ4n) is 1.33. The largest absolute Gasteiger partial charge is 0.220 e. The summed E-state index contributed by atoms with van der Waals surface area (Å²) in [5.74, 6) is -0.584. The van der Waals surface area contributed by atoms with Crippen LogP contribution in [-0.2, 0) is 0 Å². The third-order valence-electron chi connectivity index (χ3n) is 1.98. The molecule has 2 aromatic rings. The molecule has 0 fully saturated rings. The second-order valence-corrected chi connectivity index (χ2v) is 4.34. The van der Waals surface area contributed by atoms with Gasteiger partial charge in [-0.1, -0.05) is 40.9 Å². The molecule has 0 saturated heterocycles.